The summed E-state index contributed by atoms with van der Waals surface area (Å²) in [4.78, 5) is 0. The van der Waals surface area contributed by atoms with Crippen LogP contribution in [-0.4, -0.2) is 0 Å². The Kier molecular flexibility index (Phi) is 4.48. The number of nitrogens with two attached hydrogens (primary N) is 2. The molecule has 0 saturated carbocycles. The molecule has 2 nitrogen and oxygen atoms in total. The van der Waals surface area contributed by atoms with Gasteiger partial charge in [-0.1, -0.05) is 61.2 Å². The van der Waals surface area contributed by atoms with E-state index in [9.17, 15) is 0 Å². The molecule has 0 fully saturated rings. The number of benzene rings is 3. The van der Waals surface area contributed by atoms with Gasteiger partial charge < -0.3 is 11.5 Å². The zero-order valence-corrected chi connectivity index (χ0v) is 13.4. The lowest BCUT2D eigenvalue weighted by atomic mass is 9.96. The van der Waals surface area contributed by atoms with E-state index in [4.69, 9.17) is 11.5 Å². The Morgan fingerprint density at radius 3 is 2.38 bits per heavy atom. The third-order valence-corrected chi connectivity index (χ3v) is 3.93. The second-order valence-electron chi connectivity index (χ2n) is 5.64. The first-order valence-electron chi connectivity index (χ1n) is 7.82. The molecule has 0 saturated heterocycles. The zero-order chi connectivity index (χ0) is 16.9. The monoisotopic (exact) mass is 312 g/mol. The van der Waals surface area contributed by atoms with Crippen molar-refractivity contribution >= 4 is 23.0 Å². The minimum absolute atomic E-state index is 0.702. The molecule has 0 aliphatic carbocycles. The van der Waals surface area contributed by atoms with Crippen LogP contribution in [0.4, 0.5) is 11.4 Å². The molecule has 0 aliphatic heterocycles. The number of hydrogen-bond donors (Lipinski definition) is 2. The summed E-state index contributed by atoms with van der Waals surface area (Å²) >= 11 is 0. The molecule has 0 atom stereocenters. The van der Waals surface area contributed by atoms with Crippen molar-refractivity contribution in [2.24, 2.45) is 0 Å². The van der Waals surface area contributed by atoms with Gasteiger partial charge in [0, 0.05) is 16.9 Å². The predicted molar refractivity (Wildman–Crippen MR) is 105 cm³/mol. The normalized spacial score (nSPS) is 11.2. The molecule has 0 unspecified atom stereocenters. The minimum atomic E-state index is 0.702. The Morgan fingerprint density at radius 2 is 1.62 bits per heavy atom. The second kappa shape index (κ2) is 6.88. The molecule has 3 rings (SSSR count). The second-order valence-corrected chi connectivity index (χ2v) is 5.64. The van der Waals surface area contributed by atoms with E-state index in [2.05, 4.69) is 36.9 Å². The Bertz CT molecular complexity index is 893. The van der Waals surface area contributed by atoms with Gasteiger partial charge in [0.1, 0.15) is 0 Å². The third kappa shape index (κ3) is 3.39. The molecule has 0 amide bonds. The fourth-order valence-electron chi connectivity index (χ4n) is 2.68. The van der Waals surface area contributed by atoms with Crippen molar-refractivity contribution in [3.63, 3.8) is 0 Å². The summed E-state index contributed by atoms with van der Waals surface area (Å²) in [6.45, 7) is 3.95. The van der Waals surface area contributed by atoms with Crippen molar-refractivity contribution < 1.29 is 0 Å². The molecular weight excluding hydrogens is 292 g/mol. The lowest BCUT2D eigenvalue weighted by molar-refractivity contribution is 1.57. The molecule has 24 heavy (non-hydrogen) atoms. The van der Waals surface area contributed by atoms with Crippen LogP contribution in [0, 0.1) is 0 Å². The summed E-state index contributed by atoms with van der Waals surface area (Å²) in [6.07, 6.45) is 3.99. The van der Waals surface area contributed by atoms with Crippen molar-refractivity contribution in [1.29, 1.82) is 0 Å². The number of rotatable bonds is 4. The fourth-order valence-corrected chi connectivity index (χ4v) is 2.68. The summed E-state index contributed by atoms with van der Waals surface area (Å²) in [5, 5.41) is 0. The largest absolute Gasteiger partial charge is 0.399 e. The molecule has 3 aromatic carbocycles. The highest BCUT2D eigenvalue weighted by Gasteiger charge is 2.06. The average Bonchev–Trinajstić information content (AvgIpc) is 2.62. The lowest BCUT2D eigenvalue weighted by Crippen LogP contribution is -1.93. The van der Waals surface area contributed by atoms with Crippen LogP contribution >= 0.6 is 0 Å². The van der Waals surface area contributed by atoms with E-state index in [0.29, 0.717) is 11.4 Å². The van der Waals surface area contributed by atoms with E-state index in [0.717, 1.165) is 27.8 Å². The summed E-state index contributed by atoms with van der Waals surface area (Å²) < 4.78 is 0. The van der Waals surface area contributed by atoms with Crippen molar-refractivity contribution in [1.82, 2.24) is 0 Å². The SMILES string of the molecule is C=C/C(=C\c1ccccc1)c1cccc(-c2cc(N)ccc2N)c1. The summed E-state index contributed by atoms with van der Waals surface area (Å²) in [7, 11) is 0. The maximum absolute atomic E-state index is 6.11. The topological polar surface area (TPSA) is 52.0 Å². The highest BCUT2D eigenvalue weighted by molar-refractivity contribution is 5.89. The minimum Gasteiger partial charge on any atom is -0.399 e. The first-order valence-corrected chi connectivity index (χ1v) is 7.82. The quantitative estimate of drug-likeness (QED) is 0.393. The Morgan fingerprint density at radius 1 is 0.833 bits per heavy atom. The standard InChI is InChI=1S/C22H20N2/c1-2-17(13-16-7-4-3-5-8-16)18-9-6-10-19(14-18)21-15-20(23)11-12-22(21)24/h2-15H,1,23-24H2/b17-13+. The molecular formula is C22H20N2. The Labute approximate surface area is 142 Å². The van der Waals surface area contributed by atoms with E-state index >= 15 is 0 Å². The highest BCUT2D eigenvalue weighted by Crippen LogP contribution is 2.30. The highest BCUT2D eigenvalue weighted by atomic mass is 14.6. The van der Waals surface area contributed by atoms with Crippen LogP contribution < -0.4 is 11.5 Å². The maximum atomic E-state index is 6.11. The third-order valence-electron chi connectivity index (χ3n) is 3.93. The van der Waals surface area contributed by atoms with Gasteiger partial charge >= 0.3 is 0 Å². The zero-order valence-electron chi connectivity index (χ0n) is 13.4. The van der Waals surface area contributed by atoms with Gasteiger partial charge in [0.15, 0.2) is 0 Å². The van der Waals surface area contributed by atoms with Gasteiger partial charge in [-0.25, -0.2) is 0 Å². The fraction of sp³-hybridized carbons (Fsp3) is 0. The molecule has 118 valence electrons. The number of allylic oxidation sites excluding steroid dienone is 2. The molecule has 0 spiro atoms. The number of nitrogen functional groups attached to an aromatic ring is 2. The van der Waals surface area contributed by atoms with Gasteiger partial charge in [-0.15, -0.1) is 0 Å². The summed E-state index contributed by atoms with van der Waals surface area (Å²) in [5.74, 6) is 0. The summed E-state index contributed by atoms with van der Waals surface area (Å²) in [6, 6.07) is 24.0. The van der Waals surface area contributed by atoms with Gasteiger partial charge in [0.2, 0.25) is 0 Å². The lowest BCUT2D eigenvalue weighted by Gasteiger charge is -2.10. The first kappa shape index (κ1) is 15.6. The van der Waals surface area contributed by atoms with Crippen LogP contribution in [0.1, 0.15) is 11.1 Å². The Balaban J connectivity index is 2.05. The van der Waals surface area contributed by atoms with Crippen LogP contribution in [0.2, 0.25) is 0 Å². The van der Waals surface area contributed by atoms with Crippen molar-refractivity contribution in [2.45, 2.75) is 0 Å². The van der Waals surface area contributed by atoms with Gasteiger partial charge in [-0.2, -0.15) is 0 Å². The van der Waals surface area contributed by atoms with Crippen LogP contribution in [0.3, 0.4) is 0 Å². The van der Waals surface area contributed by atoms with E-state index in [1.54, 1.807) is 0 Å². The van der Waals surface area contributed by atoms with Crippen molar-refractivity contribution in [3.05, 3.63) is 96.6 Å². The molecule has 0 heterocycles. The van der Waals surface area contributed by atoms with E-state index in [-0.39, 0.29) is 0 Å². The molecule has 4 N–H and O–H groups in total. The van der Waals surface area contributed by atoms with Crippen LogP contribution in [0.5, 0.6) is 0 Å². The molecule has 0 radical (unpaired) electrons. The van der Waals surface area contributed by atoms with Crippen LogP contribution in [-0.2, 0) is 0 Å². The van der Waals surface area contributed by atoms with E-state index in [1.165, 1.54) is 0 Å². The molecule has 2 heteroatoms. The first-order chi connectivity index (χ1) is 11.7. The molecule has 0 aromatic heterocycles. The maximum Gasteiger partial charge on any atom is 0.0395 e. The molecule has 0 aliphatic rings. The van der Waals surface area contributed by atoms with Gasteiger partial charge in [0.25, 0.3) is 0 Å². The summed E-state index contributed by atoms with van der Waals surface area (Å²) in [5.41, 5.74) is 18.7. The number of anilines is 2. The van der Waals surface area contributed by atoms with Crippen LogP contribution in [0.15, 0.2) is 85.5 Å². The van der Waals surface area contributed by atoms with E-state index < -0.39 is 0 Å². The average molecular weight is 312 g/mol. The predicted octanol–water partition coefficient (Wildman–Crippen LogP) is 5.24. The van der Waals surface area contributed by atoms with Gasteiger partial charge in [-0.3, -0.25) is 0 Å². The van der Waals surface area contributed by atoms with Crippen molar-refractivity contribution in [2.75, 3.05) is 11.5 Å². The molecule has 3 aromatic rings. The van der Waals surface area contributed by atoms with Gasteiger partial charge in [-0.05, 0) is 52.6 Å². The Hall–Kier alpha value is -3.26. The number of hydrogen-bond acceptors (Lipinski definition) is 2. The van der Waals surface area contributed by atoms with Crippen LogP contribution in [0.25, 0.3) is 22.8 Å². The van der Waals surface area contributed by atoms with Crippen molar-refractivity contribution in [3.8, 4) is 11.1 Å². The molecule has 0 bridgehead atoms. The van der Waals surface area contributed by atoms with E-state index in [1.807, 2.05) is 54.6 Å². The van der Waals surface area contributed by atoms with Gasteiger partial charge in [0.05, 0.1) is 0 Å². The smallest absolute Gasteiger partial charge is 0.0395 e.